The first-order valence-corrected chi connectivity index (χ1v) is 8.82. The third-order valence-electron chi connectivity index (χ3n) is 4.05. The lowest BCUT2D eigenvalue weighted by Crippen LogP contribution is -2.37. The van der Waals surface area contributed by atoms with Gasteiger partial charge in [0, 0.05) is 30.9 Å². The summed E-state index contributed by atoms with van der Waals surface area (Å²) < 4.78 is 11.0. The highest BCUT2D eigenvalue weighted by Gasteiger charge is 2.18. The summed E-state index contributed by atoms with van der Waals surface area (Å²) in [7, 11) is 0. The maximum atomic E-state index is 11.2. The van der Waals surface area contributed by atoms with Crippen LogP contribution in [0.3, 0.4) is 0 Å². The molecule has 1 aliphatic heterocycles. The van der Waals surface area contributed by atoms with E-state index in [1.54, 1.807) is 0 Å². The number of aromatic amines is 1. The largest absolute Gasteiger partial charge is 0.403 e. The summed E-state index contributed by atoms with van der Waals surface area (Å²) in [5, 5.41) is 9.31. The van der Waals surface area contributed by atoms with E-state index in [2.05, 4.69) is 30.5 Å². The first-order valence-electron chi connectivity index (χ1n) is 8.82. The van der Waals surface area contributed by atoms with Gasteiger partial charge in [-0.2, -0.15) is 15.0 Å². The molecule has 3 aromatic rings. The van der Waals surface area contributed by atoms with Crippen molar-refractivity contribution in [3.63, 3.8) is 0 Å². The van der Waals surface area contributed by atoms with Gasteiger partial charge < -0.3 is 19.7 Å². The Balaban J connectivity index is 1.64. The normalized spacial score (nSPS) is 14.0. The van der Waals surface area contributed by atoms with Gasteiger partial charge in [-0.25, -0.2) is 5.10 Å². The molecule has 4 rings (SSSR count). The molecule has 1 fully saturated rings. The van der Waals surface area contributed by atoms with Gasteiger partial charge in [-0.3, -0.25) is 4.79 Å². The van der Waals surface area contributed by atoms with Crippen LogP contribution in [-0.4, -0.2) is 51.5 Å². The standard InChI is InChI=1S/C18H19N7O3/c1-12-2-4-13(5-3-12)19-16-20-17(25-8-10-27-11-9-25)22-18(21-16)28-15-7-6-14(26)23-24-15/h2-7H,8-11H2,1H3,(H,23,26)(H,19,20,21,22). The number of hydrogen-bond acceptors (Lipinski definition) is 9. The molecule has 1 saturated heterocycles. The van der Waals surface area contributed by atoms with Gasteiger partial charge in [-0.15, -0.1) is 5.10 Å². The fraction of sp³-hybridized carbons (Fsp3) is 0.278. The van der Waals surface area contributed by atoms with E-state index in [-0.39, 0.29) is 17.4 Å². The summed E-state index contributed by atoms with van der Waals surface area (Å²) in [6.45, 7) is 4.56. The average molecular weight is 381 g/mol. The molecule has 0 amide bonds. The number of anilines is 3. The van der Waals surface area contributed by atoms with E-state index in [4.69, 9.17) is 9.47 Å². The molecule has 0 radical (unpaired) electrons. The van der Waals surface area contributed by atoms with Crippen LogP contribution in [0, 0.1) is 6.92 Å². The van der Waals surface area contributed by atoms with Crippen molar-refractivity contribution in [1.29, 1.82) is 0 Å². The second-order valence-electron chi connectivity index (χ2n) is 6.19. The molecule has 2 aromatic heterocycles. The van der Waals surface area contributed by atoms with Gasteiger partial charge in [0.05, 0.1) is 13.2 Å². The molecule has 1 aliphatic rings. The van der Waals surface area contributed by atoms with E-state index in [9.17, 15) is 4.79 Å². The van der Waals surface area contributed by atoms with Crippen molar-refractivity contribution >= 4 is 17.6 Å². The molecule has 10 nitrogen and oxygen atoms in total. The number of hydrogen-bond donors (Lipinski definition) is 2. The highest BCUT2D eigenvalue weighted by molar-refractivity contribution is 5.55. The van der Waals surface area contributed by atoms with Crippen LogP contribution in [0.5, 0.6) is 11.9 Å². The first kappa shape index (κ1) is 17.9. The van der Waals surface area contributed by atoms with Crippen LogP contribution in [0.1, 0.15) is 5.56 Å². The maximum Gasteiger partial charge on any atom is 0.330 e. The minimum Gasteiger partial charge on any atom is -0.403 e. The molecule has 0 atom stereocenters. The number of aryl methyl sites for hydroxylation is 1. The van der Waals surface area contributed by atoms with E-state index >= 15 is 0 Å². The Bertz CT molecular complexity index is 980. The molecule has 28 heavy (non-hydrogen) atoms. The number of rotatable bonds is 5. The van der Waals surface area contributed by atoms with Crippen LogP contribution < -0.4 is 20.5 Å². The number of H-pyrrole nitrogens is 1. The second-order valence-corrected chi connectivity index (χ2v) is 6.19. The molecule has 144 valence electrons. The number of nitrogens with one attached hydrogen (secondary N) is 2. The Labute approximate surface area is 160 Å². The summed E-state index contributed by atoms with van der Waals surface area (Å²) in [6.07, 6.45) is 0. The zero-order chi connectivity index (χ0) is 19.3. The Morgan fingerprint density at radius 3 is 2.57 bits per heavy atom. The number of aromatic nitrogens is 5. The van der Waals surface area contributed by atoms with Gasteiger partial charge in [-0.1, -0.05) is 17.7 Å². The maximum absolute atomic E-state index is 11.2. The molecular weight excluding hydrogens is 362 g/mol. The van der Waals surface area contributed by atoms with E-state index < -0.39 is 0 Å². The zero-order valence-electron chi connectivity index (χ0n) is 15.3. The molecule has 1 aromatic carbocycles. The summed E-state index contributed by atoms with van der Waals surface area (Å²) in [5.74, 6) is 1.01. The van der Waals surface area contributed by atoms with Crippen molar-refractivity contribution in [2.24, 2.45) is 0 Å². The minimum atomic E-state index is -0.321. The summed E-state index contributed by atoms with van der Waals surface area (Å²) >= 11 is 0. The van der Waals surface area contributed by atoms with Crippen LogP contribution >= 0.6 is 0 Å². The Kier molecular flexibility index (Phi) is 5.11. The van der Waals surface area contributed by atoms with E-state index in [0.717, 1.165) is 11.3 Å². The Morgan fingerprint density at radius 1 is 1.07 bits per heavy atom. The fourth-order valence-corrected chi connectivity index (χ4v) is 2.60. The summed E-state index contributed by atoms with van der Waals surface area (Å²) in [5.41, 5.74) is 1.68. The molecule has 0 aliphatic carbocycles. The van der Waals surface area contributed by atoms with Crippen LogP contribution in [-0.2, 0) is 4.74 Å². The van der Waals surface area contributed by atoms with Crippen LogP contribution in [0.15, 0.2) is 41.2 Å². The third-order valence-corrected chi connectivity index (χ3v) is 4.05. The van der Waals surface area contributed by atoms with Gasteiger partial charge in [0.1, 0.15) is 0 Å². The number of ether oxygens (including phenoxy) is 2. The zero-order valence-corrected chi connectivity index (χ0v) is 15.3. The van der Waals surface area contributed by atoms with Gasteiger partial charge in [0.15, 0.2) is 0 Å². The molecule has 2 N–H and O–H groups in total. The molecule has 10 heteroatoms. The minimum absolute atomic E-state index is 0.0747. The lowest BCUT2D eigenvalue weighted by molar-refractivity contribution is 0.122. The molecule has 3 heterocycles. The van der Waals surface area contributed by atoms with Crippen molar-refractivity contribution < 1.29 is 9.47 Å². The topological polar surface area (TPSA) is 118 Å². The predicted octanol–water partition coefficient (Wildman–Crippen LogP) is 1.64. The van der Waals surface area contributed by atoms with Gasteiger partial charge in [0.2, 0.25) is 17.8 Å². The quantitative estimate of drug-likeness (QED) is 0.680. The van der Waals surface area contributed by atoms with Gasteiger partial charge in [-0.05, 0) is 19.1 Å². The van der Waals surface area contributed by atoms with Crippen molar-refractivity contribution in [2.45, 2.75) is 6.92 Å². The third kappa shape index (κ3) is 4.41. The second kappa shape index (κ2) is 8.01. The molecule has 0 spiro atoms. The summed E-state index contributed by atoms with van der Waals surface area (Å²) in [6, 6.07) is 10.7. The lowest BCUT2D eigenvalue weighted by Gasteiger charge is -2.26. The van der Waals surface area contributed by atoms with Crippen molar-refractivity contribution in [3.05, 3.63) is 52.3 Å². The molecule has 0 bridgehead atoms. The fourth-order valence-electron chi connectivity index (χ4n) is 2.60. The smallest absolute Gasteiger partial charge is 0.330 e. The lowest BCUT2D eigenvalue weighted by atomic mass is 10.2. The Hall–Kier alpha value is -3.53. The van der Waals surface area contributed by atoms with Crippen LogP contribution in [0.4, 0.5) is 17.6 Å². The highest BCUT2D eigenvalue weighted by Crippen LogP contribution is 2.22. The van der Waals surface area contributed by atoms with Crippen molar-refractivity contribution in [1.82, 2.24) is 25.1 Å². The van der Waals surface area contributed by atoms with Crippen LogP contribution in [0.2, 0.25) is 0 Å². The van der Waals surface area contributed by atoms with Crippen molar-refractivity contribution in [3.8, 4) is 11.9 Å². The number of morpholine rings is 1. The Morgan fingerprint density at radius 2 is 1.86 bits per heavy atom. The molecule has 0 saturated carbocycles. The van der Waals surface area contributed by atoms with Crippen molar-refractivity contribution in [2.75, 3.05) is 36.5 Å². The SMILES string of the molecule is Cc1ccc(Nc2nc(Oc3ccc(=O)[nH]n3)nc(N3CCOCC3)n2)cc1. The number of nitrogens with zero attached hydrogens (tertiary/aromatic N) is 5. The predicted molar refractivity (Wildman–Crippen MR) is 102 cm³/mol. The highest BCUT2D eigenvalue weighted by atomic mass is 16.5. The van der Waals surface area contributed by atoms with E-state index in [1.807, 2.05) is 36.1 Å². The molecule has 0 unspecified atom stereocenters. The monoisotopic (exact) mass is 381 g/mol. The molecular formula is C18H19N7O3. The van der Waals surface area contributed by atoms with E-state index in [1.165, 1.54) is 12.1 Å². The average Bonchev–Trinajstić information content (AvgIpc) is 2.72. The van der Waals surface area contributed by atoms with Gasteiger partial charge in [0.25, 0.3) is 5.56 Å². The van der Waals surface area contributed by atoms with Gasteiger partial charge >= 0.3 is 6.01 Å². The number of benzene rings is 1. The summed E-state index contributed by atoms with van der Waals surface area (Å²) in [4.78, 5) is 26.4. The van der Waals surface area contributed by atoms with Crippen LogP contribution in [0.25, 0.3) is 0 Å². The first-order chi connectivity index (χ1) is 13.7. The van der Waals surface area contributed by atoms with E-state index in [0.29, 0.717) is 38.2 Å².